The first kappa shape index (κ1) is 18.7. The van der Waals surface area contributed by atoms with Gasteiger partial charge in [0.2, 0.25) is 0 Å². The number of thioether (sulfide) groups is 1. The monoisotopic (exact) mass is 370 g/mol. The zero-order chi connectivity index (χ0) is 18.5. The van der Waals surface area contributed by atoms with Crippen molar-refractivity contribution in [2.45, 2.75) is 27.1 Å². The maximum absolute atomic E-state index is 5.78. The Kier molecular flexibility index (Phi) is 6.16. The van der Waals surface area contributed by atoms with Crippen LogP contribution in [0.4, 0.5) is 5.82 Å². The fourth-order valence-corrected chi connectivity index (χ4v) is 3.38. The molecule has 0 aliphatic carbocycles. The average molecular weight is 371 g/mol. The smallest absolute Gasteiger partial charge is 0.147 e. The van der Waals surface area contributed by atoms with E-state index in [1.54, 1.807) is 18.1 Å². The SMILES string of the molecule is CSCCOCn1c(C)cc2c(N(C)Cc3cccc(C)c3)ncnc21. The van der Waals surface area contributed by atoms with Gasteiger partial charge in [-0.2, -0.15) is 11.8 Å². The maximum atomic E-state index is 5.78. The van der Waals surface area contributed by atoms with Crippen LogP contribution >= 0.6 is 11.8 Å². The van der Waals surface area contributed by atoms with Crippen molar-refractivity contribution >= 4 is 28.6 Å². The third-order valence-electron chi connectivity index (χ3n) is 4.39. The van der Waals surface area contributed by atoms with E-state index < -0.39 is 0 Å². The molecule has 6 heteroatoms. The van der Waals surface area contributed by atoms with E-state index in [4.69, 9.17) is 4.74 Å². The third kappa shape index (κ3) is 4.19. The first-order valence-electron chi connectivity index (χ1n) is 8.74. The van der Waals surface area contributed by atoms with Crippen molar-refractivity contribution < 1.29 is 4.74 Å². The summed E-state index contributed by atoms with van der Waals surface area (Å²) >= 11 is 1.79. The minimum Gasteiger partial charge on any atom is -0.360 e. The summed E-state index contributed by atoms with van der Waals surface area (Å²) in [6, 6.07) is 10.7. The van der Waals surface area contributed by atoms with Crippen LogP contribution in [-0.2, 0) is 18.0 Å². The Balaban J connectivity index is 1.84. The average Bonchev–Trinajstić information content (AvgIpc) is 2.94. The summed E-state index contributed by atoms with van der Waals surface area (Å²) in [5.74, 6) is 1.94. The number of rotatable bonds is 8. The van der Waals surface area contributed by atoms with Gasteiger partial charge in [0.15, 0.2) is 0 Å². The fraction of sp³-hybridized carbons (Fsp3) is 0.400. The molecule has 0 radical (unpaired) electrons. The van der Waals surface area contributed by atoms with E-state index in [0.717, 1.165) is 41.4 Å². The molecule has 0 unspecified atom stereocenters. The molecule has 26 heavy (non-hydrogen) atoms. The summed E-state index contributed by atoms with van der Waals surface area (Å²) in [7, 11) is 2.08. The number of aromatic nitrogens is 3. The van der Waals surface area contributed by atoms with Crippen molar-refractivity contribution in [2.75, 3.05) is 30.6 Å². The van der Waals surface area contributed by atoms with Crippen molar-refractivity contribution in [3.63, 3.8) is 0 Å². The molecule has 0 amide bonds. The van der Waals surface area contributed by atoms with Crippen LogP contribution < -0.4 is 4.90 Å². The lowest BCUT2D eigenvalue weighted by atomic mass is 10.1. The number of nitrogens with zero attached hydrogens (tertiary/aromatic N) is 4. The highest BCUT2D eigenvalue weighted by molar-refractivity contribution is 7.98. The van der Waals surface area contributed by atoms with Crippen LogP contribution in [0, 0.1) is 13.8 Å². The Bertz CT molecular complexity index is 877. The number of hydrogen-bond donors (Lipinski definition) is 0. The van der Waals surface area contributed by atoms with Crippen LogP contribution in [0.3, 0.4) is 0 Å². The second-order valence-electron chi connectivity index (χ2n) is 6.52. The normalized spacial score (nSPS) is 11.2. The molecule has 2 heterocycles. The zero-order valence-electron chi connectivity index (χ0n) is 15.9. The Labute approximate surface area is 159 Å². The van der Waals surface area contributed by atoms with Crippen LogP contribution in [-0.4, -0.2) is 40.2 Å². The first-order valence-corrected chi connectivity index (χ1v) is 10.1. The van der Waals surface area contributed by atoms with Gasteiger partial charge in [0.05, 0.1) is 12.0 Å². The zero-order valence-corrected chi connectivity index (χ0v) is 16.7. The van der Waals surface area contributed by atoms with Crippen molar-refractivity contribution in [1.82, 2.24) is 14.5 Å². The van der Waals surface area contributed by atoms with Gasteiger partial charge in [-0.15, -0.1) is 0 Å². The lowest BCUT2D eigenvalue weighted by Gasteiger charge is -2.19. The molecule has 0 saturated carbocycles. The molecule has 138 valence electrons. The molecular formula is C20H26N4OS. The summed E-state index contributed by atoms with van der Waals surface area (Å²) in [5.41, 5.74) is 4.60. The highest BCUT2D eigenvalue weighted by atomic mass is 32.2. The third-order valence-corrected chi connectivity index (χ3v) is 4.97. The number of hydrogen-bond acceptors (Lipinski definition) is 5. The van der Waals surface area contributed by atoms with Crippen molar-refractivity contribution in [1.29, 1.82) is 0 Å². The molecular weight excluding hydrogens is 344 g/mol. The molecule has 0 N–H and O–H groups in total. The summed E-state index contributed by atoms with van der Waals surface area (Å²) in [6.45, 7) is 6.28. The minimum atomic E-state index is 0.522. The van der Waals surface area contributed by atoms with E-state index in [0.29, 0.717) is 6.73 Å². The predicted molar refractivity (Wildman–Crippen MR) is 110 cm³/mol. The van der Waals surface area contributed by atoms with Gasteiger partial charge in [-0.3, -0.25) is 0 Å². The van der Waals surface area contributed by atoms with Crippen LogP contribution in [0.2, 0.25) is 0 Å². The molecule has 0 bridgehead atoms. The van der Waals surface area contributed by atoms with Gasteiger partial charge in [-0.05, 0) is 31.7 Å². The fourth-order valence-electron chi connectivity index (χ4n) is 3.10. The van der Waals surface area contributed by atoms with Crippen LogP contribution in [0.1, 0.15) is 16.8 Å². The van der Waals surface area contributed by atoms with E-state index in [2.05, 4.69) is 76.9 Å². The standard InChI is InChI=1S/C20H26N4OS/c1-15-6-5-7-17(10-15)12-23(3)19-18-11-16(2)24(14-25-8-9-26-4)20(18)22-13-21-19/h5-7,10-11,13H,8-9,12,14H2,1-4H3. The van der Waals surface area contributed by atoms with E-state index in [1.165, 1.54) is 11.1 Å². The van der Waals surface area contributed by atoms with Gasteiger partial charge in [0, 0.05) is 25.0 Å². The van der Waals surface area contributed by atoms with E-state index in [1.807, 2.05) is 0 Å². The van der Waals surface area contributed by atoms with E-state index >= 15 is 0 Å². The number of aryl methyl sites for hydroxylation is 2. The van der Waals surface area contributed by atoms with Gasteiger partial charge in [-0.1, -0.05) is 29.8 Å². The molecule has 3 aromatic rings. The number of ether oxygens (including phenoxy) is 1. The second-order valence-corrected chi connectivity index (χ2v) is 7.51. The van der Waals surface area contributed by atoms with Gasteiger partial charge < -0.3 is 14.2 Å². The van der Waals surface area contributed by atoms with E-state index in [-0.39, 0.29) is 0 Å². The molecule has 0 spiro atoms. The summed E-state index contributed by atoms with van der Waals surface area (Å²) in [5, 5.41) is 1.06. The Morgan fingerprint density at radius 2 is 2.04 bits per heavy atom. The lowest BCUT2D eigenvalue weighted by molar-refractivity contribution is 0.0914. The van der Waals surface area contributed by atoms with E-state index in [9.17, 15) is 0 Å². The van der Waals surface area contributed by atoms with Crippen LogP contribution in [0.5, 0.6) is 0 Å². The van der Waals surface area contributed by atoms with Gasteiger partial charge in [-0.25, -0.2) is 9.97 Å². The summed E-state index contributed by atoms with van der Waals surface area (Å²) in [4.78, 5) is 11.2. The maximum Gasteiger partial charge on any atom is 0.147 e. The molecule has 1 aromatic carbocycles. The van der Waals surface area contributed by atoms with Gasteiger partial charge in [0.25, 0.3) is 0 Å². The number of benzene rings is 1. The number of fused-ring (bicyclic) bond motifs is 1. The molecule has 0 aliphatic rings. The highest BCUT2D eigenvalue weighted by Crippen LogP contribution is 2.26. The quantitative estimate of drug-likeness (QED) is 0.560. The van der Waals surface area contributed by atoms with Gasteiger partial charge >= 0.3 is 0 Å². The summed E-state index contributed by atoms with van der Waals surface area (Å²) < 4.78 is 7.90. The molecule has 0 atom stereocenters. The van der Waals surface area contributed by atoms with Crippen molar-refractivity contribution in [3.8, 4) is 0 Å². The Hall–Kier alpha value is -2.05. The van der Waals surface area contributed by atoms with Crippen molar-refractivity contribution in [2.24, 2.45) is 0 Å². The Morgan fingerprint density at radius 1 is 1.19 bits per heavy atom. The Morgan fingerprint density at radius 3 is 2.81 bits per heavy atom. The topological polar surface area (TPSA) is 43.2 Å². The molecule has 0 saturated heterocycles. The molecule has 2 aromatic heterocycles. The van der Waals surface area contributed by atoms with Gasteiger partial charge in [0.1, 0.15) is 24.5 Å². The second kappa shape index (κ2) is 8.56. The van der Waals surface area contributed by atoms with Crippen molar-refractivity contribution in [3.05, 3.63) is 53.5 Å². The first-order chi connectivity index (χ1) is 12.6. The number of anilines is 1. The summed E-state index contributed by atoms with van der Waals surface area (Å²) in [6.07, 6.45) is 3.73. The predicted octanol–water partition coefficient (Wildman–Crippen LogP) is 4.02. The molecule has 5 nitrogen and oxygen atoms in total. The largest absolute Gasteiger partial charge is 0.360 e. The highest BCUT2D eigenvalue weighted by Gasteiger charge is 2.14. The molecule has 0 fully saturated rings. The lowest BCUT2D eigenvalue weighted by Crippen LogP contribution is -2.18. The molecule has 3 rings (SSSR count). The molecule has 0 aliphatic heterocycles. The minimum absolute atomic E-state index is 0.522. The van der Waals surface area contributed by atoms with Crippen LogP contribution in [0.15, 0.2) is 36.7 Å². The van der Waals surface area contributed by atoms with Crippen LogP contribution in [0.25, 0.3) is 11.0 Å².